The molecule has 0 aliphatic rings. The van der Waals surface area contributed by atoms with Gasteiger partial charge in [0.2, 0.25) is 5.91 Å². The van der Waals surface area contributed by atoms with Crippen LogP contribution in [0, 0.1) is 0 Å². The minimum Gasteiger partial charge on any atom is -0.393 e. The zero-order valence-electron chi connectivity index (χ0n) is 13.4. The van der Waals surface area contributed by atoms with Gasteiger partial charge in [0.15, 0.2) is 0 Å². The molecule has 132 valence electrons. The van der Waals surface area contributed by atoms with Gasteiger partial charge in [-0.05, 0) is 13.3 Å². The van der Waals surface area contributed by atoms with Gasteiger partial charge in [-0.15, -0.1) is 0 Å². The van der Waals surface area contributed by atoms with Crippen LogP contribution < -0.4 is 11.1 Å². The average molecular weight is 322 g/mol. The Hall–Kier alpha value is -0.770. The fourth-order valence-corrected chi connectivity index (χ4v) is 1.35. The van der Waals surface area contributed by atoms with Crippen LogP contribution in [0.5, 0.6) is 0 Å². The largest absolute Gasteiger partial charge is 0.393 e. The summed E-state index contributed by atoms with van der Waals surface area (Å²) in [7, 11) is 0. The van der Waals surface area contributed by atoms with Crippen LogP contribution in [0.4, 0.5) is 0 Å². The van der Waals surface area contributed by atoms with Crippen molar-refractivity contribution < 1.29 is 28.8 Å². The quantitative estimate of drug-likeness (QED) is 0.309. The van der Waals surface area contributed by atoms with Crippen molar-refractivity contribution in [2.75, 3.05) is 65.9 Å². The van der Waals surface area contributed by atoms with Gasteiger partial charge in [-0.2, -0.15) is 0 Å². The maximum Gasteiger partial charge on any atom is 0.233 e. The van der Waals surface area contributed by atoms with Gasteiger partial charge >= 0.3 is 0 Å². The van der Waals surface area contributed by atoms with E-state index in [-0.39, 0.29) is 18.6 Å². The Bertz CT molecular complexity index is 253. The molecular formula is C14H30N2O6. The van der Waals surface area contributed by atoms with Crippen LogP contribution >= 0.6 is 0 Å². The third-order valence-corrected chi connectivity index (χ3v) is 2.55. The van der Waals surface area contributed by atoms with E-state index in [4.69, 9.17) is 29.8 Å². The molecule has 0 aliphatic heterocycles. The van der Waals surface area contributed by atoms with Gasteiger partial charge in [0.25, 0.3) is 0 Å². The number of amides is 1. The molecule has 0 heterocycles. The predicted molar refractivity (Wildman–Crippen MR) is 81.6 cm³/mol. The average Bonchev–Trinajstić information content (AvgIpc) is 2.50. The summed E-state index contributed by atoms with van der Waals surface area (Å²) in [5.41, 5.74) is 5.14. The molecule has 0 aromatic rings. The minimum absolute atomic E-state index is 0.00525. The van der Waals surface area contributed by atoms with Crippen LogP contribution in [0.2, 0.25) is 0 Å². The molecule has 22 heavy (non-hydrogen) atoms. The lowest BCUT2D eigenvalue weighted by Crippen LogP contribution is -2.32. The van der Waals surface area contributed by atoms with Gasteiger partial charge in [-0.1, -0.05) is 0 Å². The summed E-state index contributed by atoms with van der Waals surface area (Å²) in [6.07, 6.45) is 0.312. The Kier molecular flexibility index (Phi) is 16.0. The second-order valence-electron chi connectivity index (χ2n) is 4.64. The number of hydrogen-bond donors (Lipinski definition) is 3. The highest BCUT2D eigenvalue weighted by Crippen LogP contribution is 1.90. The molecule has 0 radical (unpaired) electrons. The molecule has 0 aliphatic carbocycles. The van der Waals surface area contributed by atoms with Crippen LogP contribution in [-0.2, 0) is 23.7 Å². The third-order valence-electron chi connectivity index (χ3n) is 2.55. The summed E-state index contributed by atoms with van der Waals surface area (Å²) in [4.78, 5) is 10.8. The fourth-order valence-electron chi connectivity index (χ4n) is 1.35. The summed E-state index contributed by atoms with van der Waals surface area (Å²) in [5, 5.41) is 11.6. The van der Waals surface area contributed by atoms with Crippen molar-refractivity contribution >= 4 is 5.91 Å². The van der Waals surface area contributed by atoms with Crippen molar-refractivity contribution in [1.82, 2.24) is 5.32 Å². The van der Waals surface area contributed by atoms with E-state index in [9.17, 15) is 4.79 Å². The van der Waals surface area contributed by atoms with E-state index in [1.54, 1.807) is 6.92 Å². The Morgan fingerprint density at radius 2 is 1.41 bits per heavy atom. The molecule has 0 bridgehead atoms. The Balaban J connectivity index is 3.01. The molecule has 4 N–H and O–H groups in total. The molecule has 0 aromatic carbocycles. The van der Waals surface area contributed by atoms with Gasteiger partial charge in [0.1, 0.15) is 0 Å². The normalized spacial score (nSPS) is 12.3. The van der Waals surface area contributed by atoms with Gasteiger partial charge in [-0.3, -0.25) is 4.79 Å². The number of nitrogens with two attached hydrogens (primary N) is 1. The van der Waals surface area contributed by atoms with Crippen molar-refractivity contribution in [3.05, 3.63) is 0 Å². The first-order chi connectivity index (χ1) is 10.7. The van der Waals surface area contributed by atoms with Crippen LogP contribution in [0.15, 0.2) is 0 Å². The van der Waals surface area contributed by atoms with E-state index in [2.05, 4.69) is 5.32 Å². The van der Waals surface area contributed by atoms with Gasteiger partial charge < -0.3 is 35.1 Å². The minimum atomic E-state index is -0.325. The Morgan fingerprint density at radius 3 is 1.86 bits per heavy atom. The summed E-state index contributed by atoms with van der Waals surface area (Å²) >= 11 is 0. The van der Waals surface area contributed by atoms with E-state index in [1.807, 2.05) is 0 Å². The van der Waals surface area contributed by atoms with Crippen molar-refractivity contribution in [3.8, 4) is 0 Å². The summed E-state index contributed by atoms with van der Waals surface area (Å²) < 4.78 is 21.1. The molecule has 0 spiro atoms. The smallest absolute Gasteiger partial charge is 0.233 e. The number of aliphatic hydroxyl groups is 1. The highest BCUT2D eigenvalue weighted by molar-refractivity contribution is 5.77. The summed E-state index contributed by atoms with van der Waals surface area (Å²) in [5.74, 6) is -0.188. The lowest BCUT2D eigenvalue weighted by molar-refractivity contribution is -0.120. The first kappa shape index (κ1) is 21.2. The van der Waals surface area contributed by atoms with Gasteiger partial charge in [-0.25, -0.2) is 0 Å². The Labute approximate surface area is 132 Å². The monoisotopic (exact) mass is 322 g/mol. The van der Waals surface area contributed by atoms with Crippen molar-refractivity contribution in [3.63, 3.8) is 0 Å². The number of carbonyl (C=O) groups excluding carboxylic acids is 1. The number of carbonyl (C=O) groups is 1. The van der Waals surface area contributed by atoms with Crippen LogP contribution in [0.1, 0.15) is 13.3 Å². The van der Waals surface area contributed by atoms with Crippen molar-refractivity contribution in [1.29, 1.82) is 0 Å². The summed E-state index contributed by atoms with van der Waals surface area (Å²) in [6, 6.07) is 0. The zero-order chi connectivity index (χ0) is 16.5. The molecule has 0 fully saturated rings. The van der Waals surface area contributed by atoms with Gasteiger partial charge in [0.05, 0.1) is 58.9 Å². The van der Waals surface area contributed by atoms with Crippen LogP contribution in [0.25, 0.3) is 0 Å². The molecule has 0 saturated carbocycles. The molecular weight excluding hydrogens is 292 g/mol. The number of hydrogen-bond acceptors (Lipinski definition) is 7. The highest BCUT2D eigenvalue weighted by atomic mass is 16.6. The fraction of sp³-hybridized carbons (Fsp3) is 0.929. The number of rotatable bonds is 16. The lowest BCUT2D eigenvalue weighted by Gasteiger charge is -2.08. The Morgan fingerprint density at radius 1 is 0.955 bits per heavy atom. The lowest BCUT2D eigenvalue weighted by atomic mass is 10.3. The first-order valence-corrected chi connectivity index (χ1v) is 7.62. The molecule has 8 nitrogen and oxygen atoms in total. The van der Waals surface area contributed by atoms with E-state index < -0.39 is 0 Å². The van der Waals surface area contributed by atoms with E-state index in [0.717, 1.165) is 0 Å². The maximum absolute atomic E-state index is 10.8. The van der Waals surface area contributed by atoms with E-state index in [1.165, 1.54) is 0 Å². The molecule has 8 heteroatoms. The highest BCUT2D eigenvalue weighted by Gasteiger charge is 1.97. The van der Waals surface area contributed by atoms with E-state index >= 15 is 0 Å². The summed E-state index contributed by atoms with van der Waals surface area (Å²) in [6.45, 7) is 6.16. The number of aliphatic hydroxyl groups excluding tert-OH is 1. The topological polar surface area (TPSA) is 112 Å². The SMILES string of the molecule is CC(O)CCOCCOCCOCCOCCNC(=O)CN. The van der Waals surface area contributed by atoms with Crippen molar-refractivity contribution in [2.45, 2.75) is 19.4 Å². The second kappa shape index (κ2) is 16.6. The molecule has 1 amide bonds. The number of ether oxygens (including phenoxy) is 4. The molecule has 0 aromatic heterocycles. The predicted octanol–water partition coefficient (Wildman–Crippen LogP) is -1.10. The van der Waals surface area contributed by atoms with Crippen LogP contribution in [-0.4, -0.2) is 83.1 Å². The first-order valence-electron chi connectivity index (χ1n) is 7.62. The molecule has 0 rings (SSSR count). The third kappa shape index (κ3) is 17.3. The molecule has 1 atom stereocenters. The zero-order valence-corrected chi connectivity index (χ0v) is 13.4. The van der Waals surface area contributed by atoms with Crippen LogP contribution in [0.3, 0.4) is 0 Å². The molecule has 0 saturated heterocycles. The molecule has 1 unspecified atom stereocenters. The second-order valence-corrected chi connectivity index (χ2v) is 4.64. The van der Waals surface area contributed by atoms with E-state index in [0.29, 0.717) is 65.8 Å². The number of nitrogens with one attached hydrogen (secondary N) is 1. The maximum atomic E-state index is 10.8. The standard InChI is InChI=1S/C14H30N2O6/c1-13(17)2-4-19-6-8-21-10-11-22-9-7-20-5-3-16-14(18)12-15/h13,17H,2-12,15H2,1H3,(H,16,18). The van der Waals surface area contributed by atoms with Gasteiger partial charge in [0, 0.05) is 13.2 Å². The van der Waals surface area contributed by atoms with Crippen molar-refractivity contribution in [2.24, 2.45) is 5.73 Å².